The van der Waals surface area contributed by atoms with Crippen molar-refractivity contribution in [2.45, 2.75) is 44.1 Å². The molecule has 0 amide bonds. The van der Waals surface area contributed by atoms with Crippen LogP contribution in [0.25, 0.3) is 0 Å². The summed E-state index contributed by atoms with van der Waals surface area (Å²) >= 11 is 0. The number of rotatable bonds is 4. The molecule has 0 spiro atoms. The predicted octanol–water partition coefficient (Wildman–Crippen LogP) is 2.80. The summed E-state index contributed by atoms with van der Waals surface area (Å²) in [5.74, 6) is 0.159. The number of carboxylic acid groups (broad SMARTS) is 1. The monoisotopic (exact) mass is 289 g/mol. The third kappa shape index (κ3) is 2.53. The molecular weight excluding hydrogens is 266 g/mol. The van der Waals surface area contributed by atoms with Crippen LogP contribution in [0.15, 0.2) is 18.2 Å². The van der Waals surface area contributed by atoms with Gasteiger partial charge in [-0.1, -0.05) is 6.07 Å². The highest BCUT2D eigenvalue weighted by atomic mass is 16.5. The van der Waals surface area contributed by atoms with E-state index in [0.29, 0.717) is 0 Å². The number of methoxy groups -OCH3 is 1. The maximum absolute atomic E-state index is 11.5. The molecule has 1 N–H and O–H groups in total. The molecule has 3 rings (SSSR count). The lowest BCUT2D eigenvalue weighted by molar-refractivity contribution is -0.141. The predicted molar refractivity (Wildman–Crippen MR) is 80.7 cm³/mol. The number of ether oxygens (including phenoxy) is 1. The van der Waals surface area contributed by atoms with E-state index in [0.717, 1.165) is 38.1 Å². The normalized spacial score (nSPS) is 25.6. The Labute approximate surface area is 125 Å². The minimum atomic E-state index is -0.703. The first kappa shape index (κ1) is 14.4. The van der Waals surface area contributed by atoms with Gasteiger partial charge in [0.05, 0.1) is 19.1 Å². The highest BCUT2D eigenvalue weighted by Crippen LogP contribution is 2.45. The number of carboxylic acids is 1. The zero-order chi connectivity index (χ0) is 14.9. The molecule has 4 heteroatoms. The summed E-state index contributed by atoms with van der Waals surface area (Å²) in [4.78, 5) is 13.9. The minimum absolute atomic E-state index is 0.201. The summed E-state index contributed by atoms with van der Waals surface area (Å²) < 4.78 is 5.33. The molecule has 1 unspecified atom stereocenters. The van der Waals surface area contributed by atoms with Crippen LogP contribution in [0.1, 0.15) is 43.2 Å². The van der Waals surface area contributed by atoms with Gasteiger partial charge in [0.15, 0.2) is 0 Å². The van der Waals surface area contributed by atoms with E-state index >= 15 is 0 Å². The smallest absolute Gasteiger partial charge is 0.305 e. The third-order valence-corrected chi connectivity index (χ3v) is 5.01. The zero-order valence-corrected chi connectivity index (χ0v) is 12.6. The lowest BCUT2D eigenvalue weighted by Gasteiger charge is -2.45. The van der Waals surface area contributed by atoms with E-state index < -0.39 is 5.97 Å². The van der Waals surface area contributed by atoms with Crippen LogP contribution in [0.2, 0.25) is 0 Å². The molecule has 1 aliphatic carbocycles. The standard InChI is InChI=1S/C17H23NO3/c1-21-14-6-7-15-13(11-14)5-4-8-17(15,12-16(19)20)18-9-2-3-10-18/h6-7,11H,2-5,8-10,12H2,1H3,(H,19,20). The molecule has 114 valence electrons. The van der Waals surface area contributed by atoms with Gasteiger partial charge in [0.1, 0.15) is 5.75 Å². The first-order valence-corrected chi connectivity index (χ1v) is 7.80. The van der Waals surface area contributed by atoms with Gasteiger partial charge in [-0.3, -0.25) is 9.69 Å². The fraction of sp³-hybridized carbons (Fsp3) is 0.588. The molecule has 1 heterocycles. The minimum Gasteiger partial charge on any atom is -0.497 e. The van der Waals surface area contributed by atoms with Gasteiger partial charge in [-0.05, 0) is 68.5 Å². The topological polar surface area (TPSA) is 49.8 Å². The van der Waals surface area contributed by atoms with Crippen LogP contribution in [0.4, 0.5) is 0 Å². The Kier molecular flexibility index (Phi) is 3.89. The summed E-state index contributed by atoms with van der Waals surface area (Å²) in [7, 11) is 1.68. The molecule has 1 fully saturated rings. The molecule has 21 heavy (non-hydrogen) atoms. The van der Waals surface area contributed by atoms with Crippen molar-refractivity contribution >= 4 is 5.97 Å². The highest BCUT2D eigenvalue weighted by molar-refractivity contribution is 5.69. The fourth-order valence-corrected chi connectivity index (χ4v) is 4.08. The van der Waals surface area contributed by atoms with Crippen LogP contribution in [0, 0.1) is 0 Å². The number of likely N-dealkylation sites (tertiary alicyclic amines) is 1. The summed E-state index contributed by atoms with van der Waals surface area (Å²) in [5.41, 5.74) is 2.15. The molecule has 2 aliphatic rings. The maximum Gasteiger partial charge on any atom is 0.305 e. The Morgan fingerprint density at radius 2 is 2.10 bits per heavy atom. The van der Waals surface area contributed by atoms with E-state index in [1.807, 2.05) is 6.07 Å². The average Bonchev–Trinajstić information content (AvgIpc) is 3.01. The zero-order valence-electron chi connectivity index (χ0n) is 12.6. The number of nitrogens with zero attached hydrogens (tertiary/aromatic N) is 1. The Hall–Kier alpha value is -1.55. The number of carbonyl (C=O) groups is 1. The molecule has 0 radical (unpaired) electrons. The van der Waals surface area contributed by atoms with E-state index in [-0.39, 0.29) is 12.0 Å². The van der Waals surface area contributed by atoms with Gasteiger partial charge in [0.2, 0.25) is 0 Å². The van der Waals surface area contributed by atoms with Gasteiger partial charge < -0.3 is 9.84 Å². The second kappa shape index (κ2) is 5.68. The Bertz CT molecular complexity index is 537. The summed E-state index contributed by atoms with van der Waals surface area (Å²) in [6.45, 7) is 2.03. The van der Waals surface area contributed by atoms with E-state index in [4.69, 9.17) is 4.74 Å². The number of hydrogen-bond donors (Lipinski definition) is 1. The number of aryl methyl sites for hydroxylation is 1. The number of aliphatic carboxylic acids is 1. The average molecular weight is 289 g/mol. The SMILES string of the molecule is COc1ccc2c(c1)CCCC2(CC(=O)O)N1CCCC1. The lowest BCUT2D eigenvalue weighted by Crippen LogP contribution is -2.48. The molecular formula is C17H23NO3. The number of fused-ring (bicyclic) bond motifs is 1. The van der Waals surface area contributed by atoms with Crippen LogP contribution in [0.3, 0.4) is 0 Å². The van der Waals surface area contributed by atoms with Crippen molar-refractivity contribution in [1.29, 1.82) is 0 Å². The quantitative estimate of drug-likeness (QED) is 0.926. The van der Waals surface area contributed by atoms with Crippen LogP contribution in [-0.2, 0) is 16.8 Å². The molecule has 1 aromatic rings. The van der Waals surface area contributed by atoms with E-state index in [1.165, 1.54) is 24.0 Å². The van der Waals surface area contributed by atoms with Gasteiger partial charge in [-0.2, -0.15) is 0 Å². The van der Waals surface area contributed by atoms with Crippen molar-refractivity contribution in [3.8, 4) is 5.75 Å². The molecule has 1 aromatic carbocycles. The van der Waals surface area contributed by atoms with Gasteiger partial charge in [0.25, 0.3) is 0 Å². The molecule has 4 nitrogen and oxygen atoms in total. The van der Waals surface area contributed by atoms with Crippen LogP contribution < -0.4 is 4.74 Å². The number of hydrogen-bond acceptors (Lipinski definition) is 3. The second-order valence-corrected chi connectivity index (χ2v) is 6.17. The van der Waals surface area contributed by atoms with Crippen LogP contribution in [-0.4, -0.2) is 36.2 Å². The van der Waals surface area contributed by atoms with E-state index in [9.17, 15) is 9.90 Å². The van der Waals surface area contributed by atoms with Gasteiger partial charge in [-0.25, -0.2) is 0 Å². The molecule has 0 saturated carbocycles. The van der Waals surface area contributed by atoms with E-state index in [2.05, 4.69) is 17.0 Å². The van der Waals surface area contributed by atoms with Crippen molar-refractivity contribution in [3.63, 3.8) is 0 Å². The van der Waals surface area contributed by atoms with Crippen molar-refractivity contribution in [2.75, 3.05) is 20.2 Å². The Balaban J connectivity index is 2.06. The third-order valence-electron chi connectivity index (χ3n) is 5.01. The fourth-order valence-electron chi connectivity index (χ4n) is 4.08. The molecule has 0 bridgehead atoms. The first-order valence-electron chi connectivity index (χ1n) is 7.80. The molecule has 0 aromatic heterocycles. The molecule has 1 atom stereocenters. The molecule has 1 aliphatic heterocycles. The van der Waals surface area contributed by atoms with Crippen molar-refractivity contribution in [3.05, 3.63) is 29.3 Å². The molecule has 1 saturated heterocycles. The Morgan fingerprint density at radius 1 is 1.33 bits per heavy atom. The second-order valence-electron chi connectivity index (χ2n) is 6.17. The van der Waals surface area contributed by atoms with Gasteiger partial charge in [-0.15, -0.1) is 0 Å². The van der Waals surface area contributed by atoms with Crippen molar-refractivity contribution in [1.82, 2.24) is 4.90 Å². The van der Waals surface area contributed by atoms with Crippen molar-refractivity contribution < 1.29 is 14.6 Å². The highest BCUT2D eigenvalue weighted by Gasteiger charge is 2.44. The summed E-state index contributed by atoms with van der Waals surface area (Å²) in [6.07, 6.45) is 5.55. The van der Waals surface area contributed by atoms with Gasteiger partial charge in [0, 0.05) is 0 Å². The number of benzene rings is 1. The van der Waals surface area contributed by atoms with Gasteiger partial charge >= 0.3 is 5.97 Å². The first-order chi connectivity index (χ1) is 10.2. The van der Waals surface area contributed by atoms with Crippen molar-refractivity contribution in [2.24, 2.45) is 0 Å². The van der Waals surface area contributed by atoms with E-state index in [1.54, 1.807) is 7.11 Å². The van der Waals surface area contributed by atoms with Crippen LogP contribution in [0.5, 0.6) is 5.75 Å². The summed E-state index contributed by atoms with van der Waals surface area (Å²) in [6, 6.07) is 6.15. The largest absolute Gasteiger partial charge is 0.497 e. The Morgan fingerprint density at radius 3 is 2.76 bits per heavy atom. The maximum atomic E-state index is 11.5. The van der Waals surface area contributed by atoms with Crippen LogP contribution >= 0.6 is 0 Å². The lowest BCUT2D eigenvalue weighted by atomic mass is 9.73. The summed E-state index contributed by atoms with van der Waals surface area (Å²) in [5, 5.41) is 9.47.